The van der Waals surface area contributed by atoms with E-state index in [1.165, 1.54) is 6.07 Å². The first-order chi connectivity index (χ1) is 13.1. The van der Waals surface area contributed by atoms with Crippen LogP contribution in [0.1, 0.15) is 28.0 Å². The minimum atomic E-state index is -0.477. The highest BCUT2D eigenvalue weighted by Gasteiger charge is 2.23. The van der Waals surface area contributed by atoms with Crippen LogP contribution in [0, 0.1) is 0 Å². The molecule has 6 nitrogen and oxygen atoms in total. The highest BCUT2D eigenvalue weighted by molar-refractivity contribution is 5.93. The summed E-state index contributed by atoms with van der Waals surface area (Å²) in [5.74, 6) is 0.168. The molecule has 0 aliphatic heterocycles. The fourth-order valence-electron chi connectivity index (χ4n) is 3.02. The number of aromatic nitrogens is 2. The van der Waals surface area contributed by atoms with Gasteiger partial charge in [0.15, 0.2) is 11.2 Å². The summed E-state index contributed by atoms with van der Waals surface area (Å²) in [6.07, 6.45) is 3.49. The summed E-state index contributed by atoms with van der Waals surface area (Å²) in [6.45, 7) is 0. The summed E-state index contributed by atoms with van der Waals surface area (Å²) in [6, 6.07) is 17.1. The number of imidazole rings is 1. The molecule has 0 saturated heterocycles. The largest absolute Gasteiger partial charge is 0.451 e. The molecule has 1 N–H and O–H groups in total. The molecule has 1 amide bonds. The predicted octanol–water partition coefficient (Wildman–Crippen LogP) is 3.05. The molecule has 0 unspecified atom stereocenters. The second kappa shape index (κ2) is 6.92. The van der Waals surface area contributed by atoms with E-state index in [2.05, 4.69) is 10.3 Å². The molecule has 4 aromatic rings. The molecule has 0 aliphatic carbocycles. The quantitative estimate of drug-likeness (QED) is 0.608. The van der Waals surface area contributed by atoms with Gasteiger partial charge in [0.2, 0.25) is 0 Å². The van der Waals surface area contributed by atoms with Crippen molar-refractivity contribution in [3.8, 4) is 0 Å². The van der Waals surface area contributed by atoms with Crippen LogP contribution in [0.15, 0.2) is 82.3 Å². The fourth-order valence-corrected chi connectivity index (χ4v) is 3.02. The number of nitrogens with one attached hydrogen (secondary N) is 1. The third kappa shape index (κ3) is 3.25. The summed E-state index contributed by atoms with van der Waals surface area (Å²) < 4.78 is 7.49. The molecular weight excluding hydrogens is 342 g/mol. The Morgan fingerprint density at radius 3 is 2.59 bits per heavy atom. The molecule has 0 spiro atoms. The smallest absolute Gasteiger partial charge is 0.288 e. The van der Waals surface area contributed by atoms with Gasteiger partial charge in [0, 0.05) is 25.5 Å². The van der Waals surface area contributed by atoms with Gasteiger partial charge in [-0.3, -0.25) is 9.59 Å². The molecule has 27 heavy (non-hydrogen) atoms. The van der Waals surface area contributed by atoms with Crippen molar-refractivity contribution in [2.75, 3.05) is 0 Å². The molecule has 2 heterocycles. The molecule has 6 heteroatoms. The highest BCUT2D eigenvalue weighted by atomic mass is 16.3. The number of nitrogens with zero attached hydrogens (tertiary/aromatic N) is 2. The number of amides is 1. The molecule has 0 saturated carbocycles. The molecule has 1 atom stereocenters. The number of aryl methyl sites for hydroxylation is 1. The number of fused-ring (bicyclic) bond motifs is 1. The van der Waals surface area contributed by atoms with Gasteiger partial charge in [-0.2, -0.15) is 0 Å². The van der Waals surface area contributed by atoms with Crippen molar-refractivity contribution in [1.29, 1.82) is 0 Å². The lowest BCUT2D eigenvalue weighted by molar-refractivity contribution is 0.0913. The second-order valence-corrected chi connectivity index (χ2v) is 6.18. The summed E-state index contributed by atoms with van der Waals surface area (Å²) >= 11 is 0. The molecule has 0 radical (unpaired) electrons. The number of carbonyl (C=O) groups is 1. The first-order valence-electron chi connectivity index (χ1n) is 8.49. The Kier molecular flexibility index (Phi) is 4.30. The lowest BCUT2D eigenvalue weighted by Gasteiger charge is -2.19. The van der Waals surface area contributed by atoms with Gasteiger partial charge in [-0.05, 0) is 17.7 Å². The maximum atomic E-state index is 12.9. The van der Waals surface area contributed by atoms with Gasteiger partial charge in [0.25, 0.3) is 5.91 Å². The van der Waals surface area contributed by atoms with E-state index >= 15 is 0 Å². The third-order valence-electron chi connectivity index (χ3n) is 4.38. The maximum Gasteiger partial charge on any atom is 0.288 e. The van der Waals surface area contributed by atoms with Gasteiger partial charge < -0.3 is 14.3 Å². The molecule has 0 aliphatic rings. The molecule has 134 valence electrons. The average Bonchev–Trinajstić information content (AvgIpc) is 3.12. The number of para-hydroxylation sites is 1. The number of hydrogen-bond acceptors (Lipinski definition) is 4. The SMILES string of the molecule is Cn1ccnc1[C@H](NC(=O)c1cc(=O)c2ccccc2o1)c1ccccc1. The standard InChI is InChI=1S/C21H17N3O3/c1-24-12-11-22-20(24)19(14-7-3-2-4-8-14)23-21(26)18-13-16(25)15-9-5-6-10-17(15)27-18/h2-13,19H,1H3,(H,23,26)/t19-/m1/s1. The van der Waals surface area contributed by atoms with Gasteiger partial charge in [0.05, 0.1) is 5.39 Å². The van der Waals surface area contributed by atoms with Gasteiger partial charge in [-0.15, -0.1) is 0 Å². The highest BCUT2D eigenvalue weighted by Crippen LogP contribution is 2.21. The Morgan fingerprint density at radius 2 is 1.85 bits per heavy atom. The molecule has 4 rings (SSSR count). The van der Waals surface area contributed by atoms with Crippen molar-refractivity contribution in [1.82, 2.24) is 14.9 Å². The molecule has 2 aromatic heterocycles. The van der Waals surface area contributed by atoms with Crippen molar-refractivity contribution in [2.24, 2.45) is 7.05 Å². The van der Waals surface area contributed by atoms with Crippen molar-refractivity contribution in [3.05, 3.63) is 100 Å². The third-order valence-corrected chi connectivity index (χ3v) is 4.38. The number of hydrogen-bond donors (Lipinski definition) is 1. The van der Waals surface area contributed by atoms with Crippen LogP contribution in [0.3, 0.4) is 0 Å². The zero-order valence-corrected chi connectivity index (χ0v) is 14.6. The van der Waals surface area contributed by atoms with Crippen LogP contribution in [0.5, 0.6) is 0 Å². The predicted molar refractivity (Wildman–Crippen MR) is 101 cm³/mol. The van der Waals surface area contributed by atoms with E-state index in [1.807, 2.05) is 48.1 Å². The van der Waals surface area contributed by atoms with E-state index in [9.17, 15) is 9.59 Å². The van der Waals surface area contributed by atoms with Crippen LogP contribution < -0.4 is 10.7 Å². The van der Waals surface area contributed by atoms with E-state index < -0.39 is 11.9 Å². The van der Waals surface area contributed by atoms with E-state index in [1.54, 1.807) is 30.5 Å². The Hall–Kier alpha value is -3.67. The van der Waals surface area contributed by atoms with Gasteiger partial charge in [0.1, 0.15) is 17.4 Å². The van der Waals surface area contributed by atoms with E-state index in [4.69, 9.17) is 4.42 Å². The normalized spacial score (nSPS) is 12.0. The Labute approximate surface area is 155 Å². The first kappa shape index (κ1) is 16.8. The van der Waals surface area contributed by atoms with E-state index in [-0.39, 0.29) is 11.2 Å². The topological polar surface area (TPSA) is 77.1 Å². The van der Waals surface area contributed by atoms with Crippen molar-refractivity contribution in [3.63, 3.8) is 0 Å². The fraction of sp³-hybridized carbons (Fsp3) is 0.0952. The second-order valence-electron chi connectivity index (χ2n) is 6.18. The zero-order chi connectivity index (χ0) is 18.8. The van der Waals surface area contributed by atoms with Crippen LogP contribution in [0.25, 0.3) is 11.0 Å². The summed E-state index contributed by atoms with van der Waals surface area (Å²) in [7, 11) is 1.86. The monoisotopic (exact) mass is 359 g/mol. The summed E-state index contributed by atoms with van der Waals surface area (Å²) in [4.78, 5) is 29.5. The lowest BCUT2D eigenvalue weighted by atomic mass is 10.1. The van der Waals surface area contributed by atoms with Gasteiger partial charge >= 0.3 is 0 Å². The molecular formula is C21H17N3O3. The lowest BCUT2D eigenvalue weighted by Crippen LogP contribution is -2.31. The Bertz CT molecular complexity index is 1160. The Morgan fingerprint density at radius 1 is 1.11 bits per heavy atom. The van der Waals surface area contributed by atoms with Gasteiger partial charge in [-0.25, -0.2) is 4.98 Å². The average molecular weight is 359 g/mol. The van der Waals surface area contributed by atoms with Crippen LogP contribution in [-0.4, -0.2) is 15.5 Å². The van der Waals surface area contributed by atoms with E-state index in [0.717, 1.165) is 5.56 Å². The van der Waals surface area contributed by atoms with Crippen molar-refractivity contribution >= 4 is 16.9 Å². The number of rotatable bonds is 4. The minimum absolute atomic E-state index is 0.0335. The van der Waals surface area contributed by atoms with E-state index in [0.29, 0.717) is 16.8 Å². The van der Waals surface area contributed by atoms with Crippen molar-refractivity contribution < 1.29 is 9.21 Å². The summed E-state index contributed by atoms with van der Waals surface area (Å²) in [5, 5.41) is 3.37. The molecule has 0 bridgehead atoms. The van der Waals surface area contributed by atoms with Gasteiger partial charge in [-0.1, -0.05) is 42.5 Å². The number of benzene rings is 2. The zero-order valence-electron chi connectivity index (χ0n) is 14.6. The van der Waals surface area contributed by atoms with Crippen LogP contribution in [-0.2, 0) is 7.05 Å². The Balaban J connectivity index is 1.72. The first-order valence-corrected chi connectivity index (χ1v) is 8.49. The molecule has 0 fully saturated rings. The molecule has 2 aromatic carbocycles. The number of carbonyl (C=O) groups excluding carboxylic acids is 1. The minimum Gasteiger partial charge on any atom is -0.451 e. The van der Waals surface area contributed by atoms with Crippen LogP contribution in [0.2, 0.25) is 0 Å². The van der Waals surface area contributed by atoms with Crippen molar-refractivity contribution in [2.45, 2.75) is 6.04 Å². The maximum absolute atomic E-state index is 12.9. The van der Waals surface area contributed by atoms with Crippen LogP contribution in [0.4, 0.5) is 0 Å². The van der Waals surface area contributed by atoms with Crippen LogP contribution >= 0.6 is 0 Å². The summed E-state index contributed by atoms with van der Waals surface area (Å²) in [5.41, 5.74) is 1.00.